The van der Waals surface area contributed by atoms with Crippen LogP contribution in [-0.2, 0) is 28.6 Å². The number of thioether (sulfide) groups is 1. The minimum atomic E-state index is -0.626. The Hall–Kier alpha value is -4.83. The number of ether oxygens (including phenoxy) is 5. The molecule has 3 aromatic carbocycles. The molecule has 0 saturated carbocycles. The zero-order chi connectivity index (χ0) is 33.8. The SMILES string of the molecule is C=C(C)C(=O)OCCOC(=O)c1ccc(-c2ccc(-c3ccc(OC(=O)C(C)C)cc3)c(SC)c2)c(OCCOC(=O)C(=C)C)c1. The molecule has 0 saturated heterocycles. The Morgan fingerprint density at radius 1 is 0.717 bits per heavy atom. The summed E-state index contributed by atoms with van der Waals surface area (Å²) in [6.07, 6.45) is 1.97. The number of hydrogen-bond donors (Lipinski definition) is 0. The van der Waals surface area contributed by atoms with E-state index in [1.54, 1.807) is 62.9 Å². The summed E-state index contributed by atoms with van der Waals surface area (Å²) in [5.41, 5.74) is 4.21. The zero-order valence-corrected chi connectivity index (χ0v) is 27.5. The Balaban J connectivity index is 1.86. The fourth-order valence-electron chi connectivity index (χ4n) is 3.93. The van der Waals surface area contributed by atoms with Crippen LogP contribution in [0.15, 0.2) is 89.9 Å². The molecule has 0 aliphatic rings. The summed E-state index contributed by atoms with van der Waals surface area (Å²) in [5, 5.41) is 0. The van der Waals surface area contributed by atoms with Gasteiger partial charge in [0.25, 0.3) is 0 Å². The highest BCUT2D eigenvalue weighted by molar-refractivity contribution is 7.98. The topological polar surface area (TPSA) is 114 Å². The maximum Gasteiger partial charge on any atom is 0.338 e. The third kappa shape index (κ3) is 10.1. The summed E-state index contributed by atoms with van der Waals surface area (Å²) in [6, 6.07) is 18.2. The summed E-state index contributed by atoms with van der Waals surface area (Å²) in [7, 11) is 0. The standard InChI is InChI=1S/C36H38O9S/c1-22(2)33(37)42-17-16-41-31-20-27(36(40)44-19-18-43-34(38)23(3)4)11-14-29(31)26-10-15-30(32(21-26)46-7)25-8-12-28(13-9-25)45-35(39)24(5)6/h8-15,20-21,24H,1,3,16-19H2,2,4-7H3. The zero-order valence-electron chi connectivity index (χ0n) is 26.7. The van der Waals surface area contributed by atoms with E-state index >= 15 is 0 Å². The molecular weight excluding hydrogens is 608 g/mol. The second kappa shape index (κ2) is 17.0. The van der Waals surface area contributed by atoms with Crippen molar-refractivity contribution in [2.24, 2.45) is 5.92 Å². The van der Waals surface area contributed by atoms with Crippen LogP contribution >= 0.6 is 11.8 Å². The summed E-state index contributed by atoms with van der Waals surface area (Å²) in [5.74, 6) is -1.38. The van der Waals surface area contributed by atoms with E-state index in [1.807, 2.05) is 36.6 Å². The lowest BCUT2D eigenvalue weighted by Gasteiger charge is -2.16. The third-order valence-corrected chi connectivity index (χ3v) is 7.18. The van der Waals surface area contributed by atoms with Gasteiger partial charge in [-0.15, -0.1) is 11.8 Å². The van der Waals surface area contributed by atoms with Gasteiger partial charge >= 0.3 is 23.9 Å². The molecule has 0 unspecified atom stereocenters. The van der Waals surface area contributed by atoms with Crippen LogP contribution in [0.4, 0.5) is 0 Å². The first-order chi connectivity index (χ1) is 21.9. The highest BCUT2D eigenvalue weighted by Crippen LogP contribution is 2.38. The van der Waals surface area contributed by atoms with Gasteiger partial charge in [0, 0.05) is 21.6 Å². The molecule has 0 N–H and O–H groups in total. The molecule has 3 rings (SSSR count). The first kappa shape index (κ1) is 35.6. The van der Waals surface area contributed by atoms with E-state index in [-0.39, 0.29) is 55.0 Å². The molecule has 9 nitrogen and oxygen atoms in total. The third-order valence-electron chi connectivity index (χ3n) is 6.41. The van der Waals surface area contributed by atoms with Crippen LogP contribution in [0.5, 0.6) is 11.5 Å². The largest absolute Gasteiger partial charge is 0.489 e. The fourth-order valence-corrected chi connectivity index (χ4v) is 4.58. The summed E-state index contributed by atoms with van der Waals surface area (Å²) in [4.78, 5) is 49.1. The van der Waals surface area contributed by atoms with Crippen LogP contribution in [0.2, 0.25) is 0 Å². The van der Waals surface area contributed by atoms with Crippen molar-refractivity contribution < 1.29 is 42.9 Å². The van der Waals surface area contributed by atoms with Gasteiger partial charge in [-0.2, -0.15) is 0 Å². The molecule has 10 heteroatoms. The van der Waals surface area contributed by atoms with Gasteiger partial charge in [-0.25, -0.2) is 14.4 Å². The van der Waals surface area contributed by atoms with Crippen molar-refractivity contribution >= 4 is 35.6 Å². The van der Waals surface area contributed by atoms with Gasteiger partial charge < -0.3 is 23.7 Å². The second-order valence-electron chi connectivity index (χ2n) is 10.5. The van der Waals surface area contributed by atoms with Crippen LogP contribution < -0.4 is 9.47 Å². The van der Waals surface area contributed by atoms with Crippen molar-refractivity contribution in [3.63, 3.8) is 0 Å². The van der Waals surface area contributed by atoms with Gasteiger partial charge in [-0.05, 0) is 73.2 Å². The Morgan fingerprint density at radius 3 is 1.87 bits per heavy atom. The Bertz CT molecular complexity index is 1610. The highest BCUT2D eigenvalue weighted by Gasteiger charge is 2.17. The fraction of sp³-hybridized carbons (Fsp3) is 0.278. The lowest BCUT2D eigenvalue weighted by molar-refractivity contribution is -0.140. The van der Waals surface area contributed by atoms with Crippen molar-refractivity contribution in [2.75, 3.05) is 32.7 Å². The van der Waals surface area contributed by atoms with E-state index in [1.165, 1.54) is 6.92 Å². The molecule has 0 heterocycles. The number of benzene rings is 3. The number of hydrogen-bond acceptors (Lipinski definition) is 10. The van der Waals surface area contributed by atoms with Crippen LogP contribution in [0.1, 0.15) is 38.1 Å². The molecule has 0 aliphatic carbocycles. The van der Waals surface area contributed by atoms with E-state index in [0.717, 1.165) is 21.6 Å². The molecule has 0 atom stereocenters. The van der Waals surface area contributed by atoms with E-state index in [9.17, 15) is 19.2 Å². The molecule has 0 bridgehead atoms. The molecule has 0 aromatic heterocycles. The summed E-state index contributed by atoms with van der Waals surface area (Å²) < 4.78 is 26.8. The molecular formula is C36H38O9S. The average Bonchev–Trinajstić information content (AvgIpc) is 3.04. The second-order valence-corrected chi connectivity index (χ2v) is 11.4. The van der Waals surface area contributed by atoms with Crippen molar-refractivity contribution in [3.05, 3.63) is 90.5 Å². The minimum Gasteiger partial charge on any atom is -0.489 e. The van der Waals surface area contributed by atoms with Crippen molar-refractivity contribution in [1.82, 2.24) is 0 Å². The number of carbonyl (C=O) groups is 4. The summed E-state index contributed by atoms with van der Waals surface area (Å²) >= 11 is 1.57. The van der Waals surface area contributed by atoms with Gasteiger partial charge in [0.15, 0.2) is 0 Å². The van der Waals surface area contributed by atoms with Gasteiger partial charge in [0.2, 0.25) is 0 Å². The van der Waals surface area contributed by atoms with E-state index in [4.69, 9.17) is 23.7 Å². The molecule has 0 radical (unpaired) electrons. The Morgan fingerprint density at radius 2 is 1.28 bits per heavy atom. The number of carbonyl (C=O) groups excluding carboxylic acids is 4. The number of rotatable bonds is 15. The minimum absolute atomic E-state index is 0.0225. The van der Waals surface area contributed by atoms with Crippen LogP contribution in [-0.4, -0.2) is 56.6 Å². The predicted molar refractivity (Wildman–Crippen MR) is 177 cm³/mol. The Labute approximate surface area is 273 Å². The molecule has 46 heavy (non-hydrogen) atoms. The molecule has 0 aliphatic heterocycles. The van der Waals surface area contributed by atoms with Gasteiger partial charge in [-0.1, -0.05) is 51.3 Å². The quantitative estimate of drug-likeness (QED) is 0.0424. The maximum absolute atomic E-state index is 12.8. The maximum atomic E-state index is 12.8. The normalized spacial score (nSPS) is 10.6. The average molecular weight is 647 g/mol. The molecule has 0 spiro atoms. The lowest BCUT2D eigenvalue weighted by atomic mass is 9.98. The van der Waals surface area contributed by atoms with E-state index in [2.05, 4.69) is 13.2 Å². The van der Waals surface area contributed by atoms with E-state index in [0.29, 0.717) is 17.1 Å². The van der Waals surface area contributed by atoms with Crippen molar-refractivity contribution in [3.8, 4) is 33.8 Å². The Kier molecular flexibility index (Phi) is 13.2. The smallest absolute Gasteiger partial charge is 0.338 e. The summed E-state index contributed by atoms with van der Waals surface area (Å²) in [6.45, 7) is 13.5. The van der Waals surface area contributed by atoms with Crippen molar-refractivity contribution in [1.29, 1.82) is 0 Å². The van der Waals surface area contributed by atoms with Crippen LogP contribution in [0.25, 0.3) is 22.3 Å². The predicted octanol–water partition coefficient (Wildman–Crippen LogP) is 7.08. The van der Waals surface area contributed by atoms with E-state index < -0.39 is 17.9 Å². The van der Waals surface area contributed by atoms with Crippen LogP contribution in [0, 0.1) is 5.92 Å². The number of esters is 4. The molecule has 0 fully saturated rings. The first-order valence-electron chi connectivity index (χ1n) is 14.5. The first-order valence-corrected chi connectivity index (χ1v) is 15.7. The van der Waals surface area contributed by atoms with Crippen LogP contribution in [0.3, 0.4) is 0 Å². The van der Waals surface area contributed by atoms with Gasteiger partial charge in [0.05, 0.1) is 11.5 Å². The van der Waals surface area contributed by atoms with Gasteiger partial charge in [-0.3, -0.25) is 4.79 Å². The molecule has 242 valence electrons. The molecule has 3 aromatic rings. The highest BCUT2D eigenvalue weighted by atomic mass is 32.2. The lowest BCUT2D eigenvalue weighted by Crippen LogP contribution is -2.15. The van der Waals surface area contributed by atoms with Gasteiger partial charge in [0.1, 0.15) is 37.9 Å². The monoisotopic (exact) mass is 646 g/mol. The molecule has 0 amide bonds. The van der Waals surface area contributed by atoms with Crippen molar-refractivity contribution in [2.45, 2.75) is 32.6 Å².